The van der Waals surface area contributed by atoms with Crippen molar-refractivity contribution in [2.45, 2.75) is 19.9 Å². The number of carbonyl (C=O) groups excluding carboxylic acids is 1. The molecule has 1 atom stereocenters. The summed E-state index contributed by atoms with van der Waals surface area (Å²) in [5.74, 6) is 0.379. The number of nitrogens with zero attached hydrogens (tertiary/aromatic N) is 1. The molecule has 0 saturated carbocycles. The van der Waals surface area contributed by atoms with Crippen molar-refractivity contribution in [3.63, 3.8) is 0 Å². The monoisotopic (exact) mass is 178 g/mol. The van der Waals surface area contributed by atoms with Crippen LogP contribution in [0.15, 0.2) is 18.3 Å². The van der Waals surface area contributed by atoms with Gasteiger partial charge in [-0.05, 0) is 17.5 Å². The predicted octanol–water partition coefficient (Wildman–Crippen LogP) is 1.55. The lowest BCUT2D eigenvalue weighted by Gasteiger charge is -2.15. The van der Waals surface area contributed by atoms with Crippen LogP contribution in [0.25, 0.3) is 0 Å². The Morgan fingerprint density at radius 2 is 2.15 bits per heavy atom. The van der Waals surface area contributed by atoms with Crippen molar-refractivity contribution in [1.82, 2.24) is 4.98 Å². The quantitative estimate of drug-likeness (QED) is 0.714. The van der Waals surface area contributed by atoms with Crippen molar-refractivity contribution in [3.05, 3.63) is 29.6 Å². The molecule has 70 valence electrons. The number of carbonyl (C=O) groups is 1. The largest absolute Gasteiger partial charge is 0.324 e. The van der Waals surface area contributed by atoms with Gasteiger partial charge in [0.15, 0.2) is 6.29 Å². The summed E-state index contributed by atoms with van der Waals surface area (Å²) in [6.07, 6.45) is 2.39. The Morgan fingerprint density at radius 1 is 1.46 bits per heavy atom. The topological polar surface area (TPSA) is 56.0 Å². The van der Waals surface area contributed by atoms with Gasteiger partial charge in [-0.1, -0.05) is 19.9 Å². The number of nitrogens with two attached hydrogens (primary N) is 1. The lowest BCUT2D eigenvalue weighted by atomic mass is 9.98. The summed E-state index contributed by atoms with van der Waals surface area (Å²) >= 11 is 0. The van der Waals surface area contributed by atoms with Gasteiger partial charge in [0.05, 0.1) is 0 Å². The first-order valence-corrected chi connectivity index (χ1v) is 4.32. The second-order valence-corrected chi connectivity index (χ2v) is 3.40. The number of hydrogen-bond donors (Lipinski definition) is 1. The van der Waals surface area contributed by atoms with E-state index in [-0.39, 0.29) is 6.04 Å². The summed E-state index contributed by atoms with van der Waals surface area (Å²) in [6, 6.07) is 3.53. The Morgan fingerprint density at radius 3 is 2.54 bits per heavy atom. The number of pyridine rings is 1. The Bertz CT molecular complexity index is 279. The molecule has 0 bridgehead atoms. The molecule has 0 amide bonds. The highest BCUT2D eigenvalue weighted by Gasteiger charge is 2.09. The maximum Gasteiger partial charge on any atom is 0.168 e. The molecule has 1 aromatic heterocycles. The SMILES string of the molecule is CC(C)C(N)c1ccc(C=O)nc1. The highest BCUT2D eigenvalue weighted by Crippen LogP contribution is 2.17. The molecular weight excluding hydrogens is 164 g/mol. The van der Waals surface area contributed by atoms with Crippen LogP contribution in [-0.2, 0) is 0 Å². The van der Waals surface area contributed by atoms with Gasteiger partial charge >= 0.3 is 0 Å². The zero-order valence-electron chi connectivity index (χ0n) is 7.90. The second-order valence-electron chi connectivity index (χ2n) is 3.40. The molecule has 0 aliphatic carbocycles. The van der Waals surface area contributed by atoms with Crippen molar-refractivity contribution in [1.29, 1.82) is 0 Å². The van der Waals surface area contributed by atoms with Crippen LogP contribution in [0.4, 0.5) is 0 Å². The minimum absolute atomic E-state index is 0.00629. The molecule has 3 heteroatoms. The van der Waals surface area contributed by atoms with E-state index in [0.29, 0.717) is 11.6 Å². The molecule has 0 fully saturated rings. The van der Waals surface area contributed by atoms with Gasteiger partial charge < -0.3 is 5.73 Å². The first kappa shape index (κ1) is 9.86. The number of aldehydes is 1. The fourth-order valence-corrected chi connectivity index (χ4v) is 1.07. The molecule has 0 saturated heterocycles. The van der Waals surface area contributed by atoms with Gasteiger partial charge in [-0.15, -0.1) is 0 Å². The molecule has 1 heterocycles. The third-order valence-corrected chi connectivity index (χ3v) is 2.03. The lowest BCUT2D eigenvalue weighted by Crippen LogP contribution is -2.16. The van der Waals surface area contributed by atoms with Crippen LogP contribution in [0.3, 0.4) is 0 Å². The number of hydrogen-bond acceptors (Lipinski definition) is 3. The molecule has 2 N–H and O–H groups in total. The van der Waals surface area contributed by atoms with Gasteiger partial charge in [0, 0.05) is 12.2 Å². The summed E-state index contributed by atoms with van der Waals surface area (Å²) in [4.78, 5) is 14.3. The van der Waals surface area contributed by atoms with E-state index >= 15 is 0 Å². The van der Waals surface area contributed by atoms with Crippen molar-refractivity contribution in [2.24, 2.45) is 11.7 Å². The van der Waals surface area contributed by atoms with Crippen LogP contribution >= 0.6 is 0 Å². The maximum absolute atomic E-state index is 10.3. The molecule has 1 unspecified atom stereocenters. The van der Waals surface area contributed by atoms with Crippen molar-refractivity contribution in [2.75, 3.05) is 0 Å². The Kier molecular flexibility index (Phi) is 3.14. The van der Waals surface area contributed by atoms with E-state index in [9.17, 15) is 4.79 Å². The van der Waals surface area contributed by atoms with Gasteiger partial charge in [0.2, 0.25) is 0 Å². The molecule has 1 rings (SSSR count). The third-order valence-electron chi connectivity index (χ3n) is 2.03. The standard InChI is InChI=1S/C10H14N2O/c1-7(2)10(11)8-3-4-9(6-13)12-5-8/h3-7,10H,11H2,1-2H3. The minimum Gasteiger partial charge on any atom is -0.324 e. The zero-order chi connectivity index (χ0) is 9.84. The smallest absolute Gasteiger partial charge is 0.168 e. The van der Waals surface area contributed by atoms with Crippen molar-refractivity contribution < 1.29 is 4.79 Å². The average molecular weight is 178 g/mol. The van der Waals surface area contributed by atoms with Gasteiger partial charge in [0.25, 0.3) is 0 Å². The van der Waals surface area contributed by atoms with Crippen LogP contribution < -0.4 is 5.73 Å². The molecule has 0 aromatic carbocycles. The zero-order valence-corrected chi connectivity index (χ0v) is 7.90. The molecule has 0 radical (unpaired) electrons. The van der Waals surface area contributed by atoms with Crippen LogP contribution in [-0.4, -0.2) is 11.3 Å². The summed E-state index contributed by atoms with van der Waals surface area (Å²) in [5, 5.41) is 0. The van der Waals surface area contributed by atoms with Gasteiger partial charge in [-0.25, -0.2) is 0 Å². The fraction of sp³-hybridized carbons (Fsp3) is 0.400. The first-order valence-electron chi connectivity index (χ1n) is 4.32. The summed E-state index contributed by atoms with van der Waals surface area (Å²) in [5.41, 5.74) is 7.32. The van der Waals surface area contributed by atoms with Gasteiger partial charge in [0.1, 0.15) is 5.69 Å². The number of aromatic nitrogens is 1. The van der Waals surface area contributed by atoms with Gasteiger partial charge in [-0.2, -0.15) is 0 Å². The maximum atomic E-state index is 10.3. The predicted molar refractivity (Wildman–Crippen MR) is 51.4 cm³/mol. The molecular formula is C10H14N2O. The summed E-state index contributed by atoms with van der Waals surface area (Å²) in [7, 11) is 0. The van der Waals surface area contributed by atoms with E-state index in [4.69, 9.17) is 5.73 Å². The molecule has 1 aromatic rings. The van der Waals surface area contributed by atoms with E-state index in [1.165, 1.54) is 0 Å². The van der Waals surface area contributed by atoms with E-state index in [1.807, 2.05) is 6.07 Å². The third kappa shape index (κ3) is 2.36. The highest BCUT2D eigenvalue weighted by molar-refractivity contribution is 5.71. The second kappa shape index (κ2) is 4.14. The van der Waals surface area contributed by atoms with Crippen LogP contribution in [0.1, 0.15) is 35.9 Å². The van der Waals surface area contributed by atoms with Gasteiger partial charge in [-0.3, -0.25) is 9.78 Å². The van der Waals surface area contributed by atoms with E-state index < -0.39 is 0 Å². The van der Waals surface area contributed by atoms with Crippen molar-refractivity contribution in [3.8, 4) is 0 Å². The minimum atomic E-state index is -0.00629. The Labute approximate surface area is 78.0 Å². The Balaban J connectivity index is 2.85. The highest BCUT2D eigenvalue weighted by atomic mass is 16.1. The van der Waals surface area contributed by atoms with E-state index in [2.05, 4.69) is 18.8 Å². The molecule has 13 heavy (non-hydrogen) atoms. The Hall–Kier alpha value is -1.22. The van der Waals surface area contributed by atoms with E-state index in [0.717, 1.165) is 11.8 Å². The number of rotatable bonds is 3. The summed E-state index contributed by atoms with van der Waals surface area (Å²) in [6.45, 7) is 4.11. The molecule has 0 aliphatic rings. The molecule has 3 nitrogen and oxygen atoms in total. The van der Waals surface area contributed by atoms with E-state index in [1.54, 1.807) is 12.3 Å². The average Bonchev–Trinajstić information content (AvgIpc) is 2.17. The fourth-order valence-electron chi connectivity index (χ4n) is 1.07. The molecule has 0 spiro atoms. The van der Waals surface area contributed by atoms with Crippen LogP contribution in [0.5, 0.6) is 0 Å². The lowest BCUT2D eigenvalue weighted by molar-refractivity contribution is 0.111. The normalized spacial score (nSPS) is 12.9. The first-order chi connectivity index (χ1) is 6.15. The van der Waals surface area contributed by atoms with Crippen LogP contribution in [0.2, 0.25) is 0 Å². The van der Waals surface area contributed by atoms with Crippen molar-refractivity contribution >= 4 is 6.29 Å². The molecule has 0 aliphatic heterocycles. The van der Waals surface area contributed by atoms with Crippen LogP contribution in [0, 0.1) is 5.92 Å². The summed E-state index contributed by atoms with van der Waals surface area (Å²) < 4.78 is 0.